The van der Waals surface area contributed by atoms with Crippen LogP contribution in [-0.2, 0) is 0 Å². The van der Waals surface area contributed by atoms with Gasteiger partial charge in [-0.2, -0.15) is 0 Å². The molecule has 23 heavy (non-hydrogen) atoms. The molecule has 0 saturated heterocycles. The van der Waals surface area contributed by atoms with Gasteiger partial charge in [0, 0.05) is 17.4 Å². The second kappa shape index (κ2) is 5.50. The van der Waals surface area contributed by atoms with Gasteiger partial charge in [-0.3, -0.25) is 0 Å². The molecule has 0 fully saturated rings. The second-order valence-corrected chi connectivity index (χ2v) is 5.68. The Kier molecular flexibility index (Phi) is 3.33. The third kappa shape index (κ3) is 2.38. The lowest BCUT2D eigenvalue weighted by Crippen LogP contribution is -2.21. The number of nitrogens with one attached hydrogen (secondary N) is 1. The first-order valence-electron chi connectivity index (χ1n) is 7.62. The van der Waals surface area contributed by atoms with E-state index in [1.54, 1.807) is 12.4 Å². The van der Waals surface area contributed by atoms with Gasteiger partial charge >= 0.3 is 0 Å². The van der Waals surface area contributed by atoms with Crippen molar-refractivity contribution in [2.45, 2.75) is 19.4 Å². The van der Waals surface area contributed by atoms with Crippen molar-refractivity contribution in [3.8, 4) is 5.75 Å². The minimum atomic E-state index is -0.322. The van der Waals surface area contributed by atoms with Gasteiger partial charge in [-0.05, 0) is 24.6 Å². The summed E-state index contributed by atoms with van der Waals surface area (Å²) in [5.41, 5.74) is 2.84. The molecule has 0 bridgehead atoms. The molecule has 2 aromatic carbocycles. The minimum absolute atomic E-state index is 0.0350. The summed E-state index contributed by atoms with van der Waals surface area (Å²) in [6, 6.07) is 11.0. The van der Waals surface area contributed by atoms with Crippen LogP contribution in [0, 0.1) is 12.7 Å². The van der Waals surface area contributed by atoms with Crippen molar-refractivity contribution < 1.29 is 9.13 Å². The second-order valence-electron chi connectivity index (χ2n) is 5.68. The van der Waals surface area contributed by atoms with E-state index in [9.17, 15) is 4.39 Å². The van der Waals surface area contributed by atoms with Crippen LogP contribution in [0.4, 0.5) is 10.2 Å². The normalized spacial score (nSPS) is 16.7. The van der Waals surface area contributed by atoms with Gasteiger partial charge in [0.05, 0.1) is 18.2 Å². The largest absolute Gasteiger partial charge is 0.490 e. The Morgan fingerprint density at radius 3 is 2.96 bits per heavy atom. The zero-order valence-corrected chi connectivity index (χ0v) is 12.7. The van der Waals surface area contributed by atoms with Crippen LogP contribution in [0.2, 0.25) is 0 Å². The minimum Gasteiger partial charge on any atom is -0.490 e. The van der Waals surface area contributed by atoms with Gasteiger partial charge in [0.2, 0.25) is 0 Å². The fraction of sp³-hybridized carbons (Fsp3) is 0.222. The predicted molar refractivity (Wildman–Crippen MR) is 87.2 cm³/mol. The highest BCUT2D eigenvalue weighted by Gasteiger charge is 2.24. The van der Waals surface area contributed by atoms with Crippen molar-refractivity contribution >= 4 is 16.7 Å². The fourth-order valence-electron chi connectivity index (χ4n) is 3.09. The van der Waals surface area contributed by atoms with Gasteiger partial charge in [-0.25, -0.2) is 14.4 Å². The Labute approximate surface area is 133 Å². The highest BCUT2D eigenvalue weighted by atomic mass is 19.1. The van der Waals surface area contributed by atoms with Crippen LogP contribution >= 0.6 is 0 Å². The van der Waals surface area contributed by atoms with Crippen LogP contribution < -0.4 is 10.1 Å². The van der Waals surface area contributed by atoms with Crippen LogP contribution in [0.3, 0.4) is 0 Å². The van der Waals surface area contributed by atoms with Crippen LogP contribution in [-0.4, -0.2) is 16.6 Å². The number of hydrogen-bond donors (Lipinski definition) is 1. The Bertz CT molecular complexity index is 876. The SMILES string of the molecule is Cc1cccc2ncnc(N[C@H]3CCOc4c(F)cccc43)c12. The van der Waals surface area contributed by atoms with E-state index in [4.69, 9.17) is 4.74 Å². The number of aryl methyl sites for hydroxylation is 1. The number of hydrogen-bond acceptors (Lipinski definition) is 4. The lowest BCUT2D eigenvalue weighted by Gasteiger charge is -2.27. The number of fused-ring (bicyclic) bond motifs is 2. The summed E-state index contributed by atoms with van der Waals surface area (Å²) >= 11 is 0. The summed E-state index contributed by atoms with van der Waals surface area (Å²) in [5, 5.41) is 4.45. The van der Waals surface area contributed by atoms with E-state index in [1.165, 1.54) is 6.07 Å². The molecule has 1 atom stereocenters. The molecular weight excluding hydrogens is 293 g/mol. The molecule has 0 amide bonds. The lowest BCUT2D eigenvalue weighted by molar-refractivity contribution is 0.260. The Morgan fingerprint density at radius 1 is 1.17 bits per heavy atom. The van der Waals surface area contributed by atoms with Crippen LogP contribution in [0.1, 0.15) is 23.6 Å². The number of aromatic nitrogens is 2. The van der Waals surface area contributed by atoms with E-state index in [0.29, 0.717) is 12.4 Å². The first-order valence-corrected chi connectivity index (χ1v) is 7.62. The van der Waals surface area contributed by atoms with Crippen molar-refractivity contribution in [2.75, 3.05) is 11.9 Å². The summed E-state index contributed by atoms with van der Waals surface area (Å²) in [6.07, 6.45) is 2.31. The number of nitrogens with zero attached hydrogens (tertiary/aromatic N) is 2. The molecule has 2 heterocycles. The highest BCUT2D eigenvalue weighted by Crippen LogP contribution is 2.37. The van der Waals surface area contributed by atoms with Crippen LogP contribution in [0.5, 0.6) is 5.75 Å². The van der Waals surface area contributed by atoms with Crippen molar-refractivity contribution in [1.82, 2.24) is 9.97 Å². The molecule has 1 aromatic heterocycles. The van der Waals surface area contributed by atoms with E-state index in [2.05, 4.69) is 15.3 Å². The number of para-hydroxylation sites is 1. The first-order chi connectivity index (χ1) is 11.2. The average Bonchev–Trinajstić information content (AvgIpc) is 2.56. The van der Waals surface area contributed by atoms with Gasteiger partial charge in [-0.1, -0.05) is 24.3 Å². The lowest BCUT2D eigenvalue weighted by atomic mass is 10.00. The molecule has 1 aliphatic heterocycles. The van der Waals surface area contributed by atoms with Gasteiger partial charge in [0.15, 0.2) is 11.6 Å². The molecular formula is C18H16FN3O. The molecule has 1 N–H and O–H groups in total. The van der Waals surface area contributed by atoms with Crippen molar-refractivity contribution in [3.05, 3.63) is 59.7 Å². The zero-order chi connectivity index (χ0) is 15.8. The van der Waals surface area contributed by atoms with Crippen LogP contribution in [0.25, 0.3) is 10.9 Å². The Balaban J connectivity index is 1.77. The maximum atomic E-state index is 13.9. The number of ether oxygens (including phenoxy) is 1. The average molecular weight is 309 g/mol. The molecule has 116 valence electrons. The molecule has 1 aliphatic rings. The molecule has 3 aromatic rings. The fourth-order valence-corrected chi connectivity index (χ4v) is 3.09. The van der Waals surface area contributed by atoms with Crippen LogP contribution in [0.15, 0.2) is 42.7 Å². The molecule has 4 nitrogen and oxygen atoms in total. The van der Waals surface area contributed by atoms with E-state index in [1.807, 2.05) is 31.2 Å². The molecule has 0 saturated carbocycles. The van der Waals surface area contributed by atoms with Gasteiger partial charge < -0.3 is 10.1 Å². The number of anilines is 1. The van der Waals surface area contributed by atoms with Crippen molar-refractivity contribution in [1.29, 1.82) is 0 Å². The van der Waals surface area contributed by atoms with Crippen molar-refractivity contribution in [3.63, 3.8) is 0 Å². The van der Waals surface area contributed by atoms with E-state index < -0.39 is 0 Å². The molecule has 0 spiro atoms. The van der Waals surface area contributed by atoms with E-state index in [-0.39, 0.29) is 11.9 Å². The number of rotatable bonds is 2. The predicted octanol–water partition coefficient (Wildman–Crippen LogP) is 4.01. The third-order valence-electron chi connectivity index (χ3n) is 4.21. The summed E-state index contributed by atoms with van der Waals surface area (Å²) < 4.78 is 19.4. The topological polar surface area (TPSA) is 47.0 Å². The standard InChI is InChI=1S/C18H16FN3O/c1-11-4-2-7-15-16(11)18(21-10-20-15)22-14-8-9-23-17-12(14)5-3-6-13(17)19/h2-7,10,14H,8-9H2,1H3,(H,20,21,22)/t14-/m0/s1. The van der Waals surface area contributed by atoms with E-state index in [0.717, 1.165) is 34.3 Å². The molecule has 5 heteroatoms. The van der Waals surface area contributed by atoms with Gasteiger partial charge in [0.1, 0.15) is 12.1 Å². The molecule has 0 aliphatic carbocycles. The smallest absolute Gasteiger partial charge is 0.165 e. The summed E-state index contributed by atoms with van der Waals surface area (Å²) in [7, 11) is 0. The quantitative estimate of drug-likeness (QED) is 0.777. The first kappa shape index (κ1) is 13.9. The Morgan fingerprint density at radius 2 is 2.04 bits per heavy atom. The van der Waals surface area contributed by atoms with Crippen molar-refractivity contribution in [2.24, 2.45) is 0 Å². The monoisotopic (exact) mass is 309 g/mol. The maximum absolute atomic E-state index is 13.9. The summed E-state index contributed by atoms with van der Waals surface area (Å²) in [6.45, 7) is 2.52. The molecule has 4 rings (SSSR count). The Hall–Kier alpha value is -2.69. The van der Waals surface area contributed by atoms with Gasteiger partial charge in [0.25, 0.3) is 0 Å². The summed E-state index contributed by atoms with van der Waals surface area (Å²) in [5.74, 6) is 0.791. The number of halogens is 1. The third-order valence-corrected chi connectivity index (χ3v) is 4.21. The molecule has 0 unspecified atom stereocenters. The van der Waals surface area contributed by atoms with E-state index >= 15 is 0 Å². The zero-order valence-electron chi connectivity index (χ0n) is 12.7. The number of benzene rings is 2. The summed E-state index contributed by atoms with van der Waals surface area (Å²) in [4.78, 5) is 8.72. The molecule has 0 radical (unpaired) electrons. The maximum Gasteiger partial charge on any atom is 0.165 e. The highest BCUT2D eigenvalue weighted by molar-refractivity contribution is 5.91. The van der Waals surface area contributed by atoms with Gasteiger partial charge in [-0.15, -0.1) is 0 Å².